The van der Waals surface area contributed by atoms with Crippen molar-refractivity contribution in [1.82, 2.24) is 4.90 Å². The van der Waals surface area contributed by atoms with Gasteiger partial charge in [0.15, 0.2) is 0 Å². The van der Waals surface area contributed by atoms with Crippen molar-refractivity contribution in [3.05, 3.63) is 59.5 Å². The lowest BCUT2D eigenvalue weighted by molar-refractivity contribution is 0.0652. The van der Waals surface area contributed by atoms with E-state index in [-0.39, 0.29) is 23.6 Å². The number of carboxylic acids is 1. The van der Waals surface area contributed by atoms with E-state index in [0.717, 1.165) is 18.6 Å². The molecule has 114 valence electrons. The quantitative estimate of drug-likeness (QED) is 0.919. The second-order valence-electron chi connectivity index (χ2n) is 5.52. The van der Waals surface area contributed by atoms with Gasteiger partial charge in [0.25, 0.3) is 5.91 Å². The van der Waals surface area contributed by atoms with E-state index in [0.29, 0.717) is 5.56 Å². The highest BCUT2D eigenvalue weighted by Gasteiger charge is 2.37. The van der Waals surface area contributed by atoms with Crippen LogP contribution in [0, 0.1) is 0 Å². The lowest BCUT2D eigenvalue weighted by Gasteiger charge is -2.28. The molecule has 0 saturated heterocycles. The Morgan fingerprint density at radius 3 is 2.55 bits per heavy atom. The molecule has 5 nitrogen and oxygen atoms in total. The molecule has 22 heavy (non-hydrogen) atoms. The number of hydrogen-bond acceptors (Lipinski definition) is 3. The fourth-order valence-electron chi connectivity index (χ4n) is 2.61. The standard InChI is InChI=1S/C17H17NO4/c1-11(15-6-3-9-22-15)18(14-7-8-14)16(19)12-4-2-5-13(10-12)17(20)21/h2-6,9-11,14H,7-8H2,1H3,(H,20,21). The van der Waals surface area contributed by atoms with E-state index in [9.17, 15) is 9.59 Å². The first-order valence-electron chi connectivity index (χ1n) is 7.27. The average molecular weight is 299 g/mol. The molecule has 1 atom stereocenters. The maximum atomic E-state index is 12.8. The number of furan rings is 1. The molecular weight excluding hydrogens is 282 g/mol. The Hall–Kier alpha value is -2.56. The van der Waals surface area contributed by atoms with E-state index < -0.39 is 5.97 Å². The Balaban J connectivity index is 1.90. The maximum absolute atomic E-state index is 12.8. The van der Waals surface area contributed by atoms with E-state index in [1.165, 1.54) is 12.1 Å². The van der Waals surface area contributed by atoms with E-state index in [1.807, 2.05) is 13.0 Å². The fourth-order valence-corrected chi connectivity index (χ4v) is 2.61. The van der Waals surface area contributed by atoms with E-state index in [2.05, 4.69) is 0 Å². The maximum Gasteiger partial charge on any atom is 0.335 e. The Kier molecular flexibility index (Phi) is 3.71. The summed E-state index contributed by atoms with van der Waals surface area (Å²) in [5, 5.41) is 9.07. The molecule has 1 aromatic carbocycles. The predicted octanol–water partition coefficient (Wildman–Crippen LogP) is 3.34. The van der Waals surface area contributed by atoms with Crippen LogP contribution in [0.25, 0.3) is 0 Å². The number of nitrogens with zero attached hydrogens (tertiary/aromatic N) is 1. The molecule has 1 aliphatic rings. The number of hydrogen-bond donors (Lipinski definition) is 1. The third-order valence-corrected chi connectivity index (χ3v) is 3.90. The van der Waals surface area contributed by atoms with Gasteiger partial charge in [0.1, 0.15) is 5.76 Å². The van der Waals surface area contributed by atoms with Gasteiger partial charge in [-0.3, -0.25) is 4.79 Å². The molecular formula is C17H17NO4. The average Bonchev–Trinajstić information content (AvgIpc) is 3.19. The first kappa shape index (κ1) is 14.4. The number of benzene rings is 1. The molecule has 1 aromatic heterocycles. The van der Waals surface area contributed by atoms with E-state index in [4.69, 9.17) is 9.52 Å². The molecule has 1 saturated carbocycles. The summed E-state index contributed by atoms with van der Waals surface area (Å²) in [7, 11) is 0. The summed E-state index contributed by atoms with van der Waals surface area (Å²) in [4.78, 5) is 25.7. The van der Waals surface area contributed by atoms with Gasteiger partial charge in [0, 0.05) is 11.6 Å². The third-order valence-electron chi connectivity index (χ3n) is 3.90. The van der Waals surface area contributed by atoms with Crippen molar-refractivity contribution in [1.29, 1.82) is 0 Å². The molecule has 1 heterocycles. The molecule has 1 fully saturated rings. The van der Waals surface area contributed by atoms with Crippen molar-refractivity contribution < 1.29 is 19.1 Å². The Morgan fingerprint density at radius 1 is 1.23 bits per heavy atom. The largest absolute Gasteiger partial charge is 0.478 e. The smallest absolute Gasteiger partial charge is 0.335 e. The monoisotopic (exact) mass is 299 g/mol. The van der Waals surface area contributed by atoms with Gasteiger partial charge in [-0.05, 0) is 50.1 Å². The highest BCUT2D eigenvalue weighted by Crippen LogP contribution is 2.35. The number of aromatic carboxylic acids is 1. The lowest BCUT2D eigenvalue weighted by Crippen LogP contribution is -2.35. The summed E-state index contributed by atoms with van der Waals surface area (Å²) in [5.41, 5.74) is 0.512. The molecule has 0 spiro atoms. The lowest BCUT2D eigenvalue weighted by atomic mass is 10.1. The zero-order valence-electron chi connectivity index (χ0n) is 12.2. The normalized spacial score (nSPS) is 15.3. The number of carbonyl (C=O) groups is 2. The summed E-state index contributed by atoms with van der Waals surface area (Å²) in [6, 6.07) is 9.82. The van der Waals surface area contributed by atoms with Gasteiger partial charge in [-0.25, -0.2) is 4.79 Å². The van der Waals surface area contributed by atoms with Crippen molar-refractivity contribution >= 4 is 11.9 Å². The van der Waals surface area contributed by atoms with Gasteiger partial charge in [0.05, 0.1) is 17.9 Å². The van der Waals surface area contributed by atoms with Crippen LogP contribution < -0.4 is 0 Å². The van der Waals surface area contributed by atoms with Gasteiger partial charge >= 0.3 is 5.97 Å². The molecule has 1 amide bonds. The van der Waals surface area contributed by atoms with Gasteiger partial charge < -0.3 is 14.4 Å². The second-order valence-corrected chi connectivity index (χ2v) is 5.52. The molecule has 3 rings (SSSR count). The van der Waals surface area contributed by atoms with Crippen LogP contribution in [0.15, 0.2) is 47.1 Å². The molecule has 0 bridgehead atoms. The van der Waals surface area contributed by atoms with Crippen molar-refractivity contribution in [3.8, 4) is 0 Å². The predicted molar refractivity (Wildman–Crippen MR) is 79.7 cm³/mol. The van der Waals surface area contributed by atoms with Gasteiger partial charge in [-0.1, -0.05) is 6.07 Å². The first-order chi connectivity index (χ1) is 10.6. The van der Waals surface area contributed by atoms with E-state index >= 15 is 0 Å². The Morgan fingerprint density at radius 2 is 1.95 bits per heavy atom. The van der Waals surface area contributed by atoms with Gasteiger partial charge in [0.2, 0.25) is 0 Å². The van der Waals surface area contributed by atoms with Crippen LogP contribution in [-0.4, -0.2) is 27.9 Å². The van der Waals surface area contributed by atoms with Crippen LogP contribution in [0.4, 0.5) is 0 Å². The topological polar surface area (TPSA) is 70.8 Å². The minimum Gasteiger partial charge on any atom is -0.478 e. The molecule has 2 aromatic rings. The van der Waals surface area contributed by atoms with Crippen LogP contribution in [0.5, 0.6) is 0 Å². The van der Waals surface area contributed by atoms with Crippen LogP contribution in [0.3, 0.4) is 0 Å². The fraction of sp³-hybridized carbons (Fsp3) is 0.294. The summed E-state index contributed by atoms with van der Waals surface area (Å²) in [5.74, 6) is -0.462. The molecule has 1 unspecified atom stereocenters. The van der Waals surface area contributed by atoms with E-state index in [1.54, 1.807) is 29.4 Å². The second kappa shape index (κ2) is 5.67. The number of rotatable bonds is 5. The molecule has 5 heteroatoms. The summed E-state index contributed by atoms with van der Waals surface area (Å²) in [6.07, 6.45) is 3.53. The SMILES string of the molecule is CC(c1ccco1)N(C(=O)c1cccc(C(=O)O)c1)C1CC1. The van der Waals surface area contributed by atoms with Crippen molar-refractivity contribution in [3.63, 3.8) is 0 Å². The number of carbonyl (C=O) groups excluding carboxylic acids is 1. The minimum absolute atomic E-state index is 0.118. The van der Waals surface area contributed by atoms with Crippen molar-refractivity contribution in [2.45, 2.75) is 31.8 Å². The van der Waals surface area contributed by atoms with Crippen LogP contribution in [-0.2, 0) is 0 Å². The minimum atomic E-state index is -1.04. The highest BCUT2D eigenvalue weighted by atomic mass is 16.4. The molecule has 0 radical (unpaired) electrons. The number of carboxylic acid groups (broad SMARTS) is 1. The van der Waals surface area contributed by atoms with Crippen LogP contribution in [0.2, 0.25) is 0 Å². The molecule has 1 N–H and O–H groups in total. The van der Waals surface area contributed by atoms with Crippen LogP contribution >= 0.6 is 0 Å². The zero-order chi connectivity index (χ0) is 15.7. The zero-order valence-corrected chi connectivity index (χ0v) is 12.2. The Labute approximate surface area is 128 Å². The summed E-state index contributed by atoms with van der Waals surface area (Å²) >= 11 is 0. The summed E-state index contributed by atoms with van der Waals surface area (Å²) < 4.78 is 5.41. The Bertz CT molecular complexity index is 688. The third kappa shape index (κ3) is 2.74. The van der Waals surface area contributed by atoms with Crippen molar-refractivity contribution in [2.75, 3.05) is 0 Å². The van der Waals surface area contributed by atoms with Crippen molar-refractivity contribution in [2.24, 2.45) is 0 Å². The van der Waals surface area contributed by atoms with Crippen LogP contribution in [0.1, 0.15) is 52.3 Å². The van der Waals surface area contributed by atoms with Gasteiger partial charge in [-0.2, -0.15) is 0 Å². The summed E-state index contributed by atoms with van der Waals surface area (Å²) in [6.45, 7) is 1.93. The molecule has 1 aliphatic carbocycles. The first-order valence-corrected chi connectivity index (χ1v) is 7.27. The van der Waals surface area contributed by atoms with Gasteiger partial charge in [-0.15, -0.1) is 0 Å². The molecule has 0 aliphatic heterocycles. The highest BCUT2D eigenvalue weighted by molar-refractivity contribution is 5.98. The number of amides is 1.